The van der Waals surface area contributed by atoms with Gasteiger partial charge in [-0.15, -0.1) is 5.10 Å². The number of hydrogen-bond donors (Lipinski definition) is 1. The molecule has 0 bridgehead atoms. The standard InChI is InChI=1S/C16H21N5O2/c1-11-4-6-16(17,7-5-11)15-18-19-20-21(15)12-2-3-13-14(10-12)23-9-8-22-13/h2-3,10-11H,4-9,17H2,1H3. The first kappa shape index (κ1) is 14.4. The minimum absolute atomic E-state index is 0.469. The molecule has 0 saturated heterocycles. The van der Waals surface area contributed by atoms with Crippen molar-refractivity contribution in [3.63, 3.8) is 0 Å². The Morgan fingerprint density at radius 2 is 1.91 bits per heavy atom. The van der Waals surface area contributed by atoms with Crippen LogP contribution in [0.25, 0.3) is 5.69 Å². The Hall–Kier alpha value is -2.15. The van der Waals surface area contributed by atoms with Gasteiger partial charge in [0, 0.05) is 6.07 Å². The summed E-state index contributed by atoms with van der Waals surface area (Å²) in [4.78, 5) is 0. The molecular weight excluding hydrogens is 294 g/mol. The predicted octanol–water partition coefficient (Wildman–Crippen LogP) is 1.80. The lowest BCUT2D eigenvalue weighted by molar-refractivity contribution is 0.171. The molecule has 0 radical (unpaired) electrons. The minimum Gasteiger partial charge on any atom is -0.486 e. The molecule has 2 aliphatic rings. The smallest absolute Gasteiger partial charge is 0.176 e. The van der Waals surface area contributed by atoms with E-state index < -0.39 is 5.54 Å². The Kier molecular flexibility index (Phi) is 3.45. The van der Waals surface area contributed by atoms with Gasteiger partial charge in [-0.05, 0) is 54.2 Å². The average molecular weight is 315 g/mol. The van der Waals surface area contributed by atoms with Crippen molar-refractivity contribution in [1.29, 1.82) is 0 Å². The van der Waals surface area contributed by atoms with Crippen molar-refractivity contribution in [3.8, 4) is 17.2 Å². The first-order valence-electron chi connectivity index (χ1n) is 8.13. The number of tetrazole rings is 1. The summed E-state index contributed by atoms with van der Waals surface area (Å²) in [7, 11) is 0. The number of benzene rings is 1. The summed E-state index contributed by atoms with van der Waals surface area (Å²) >= 11 is 0. The van der Waals surface area contributed by atoms with Crippen LogP contribution < -0.4 is 15.2 Å². The summed E-state index contributed by atoms with van der Waals surface area (Å²) in [5.74, 6) is 2.91. The number of aromatic nitrogens is 4. The fraction of sp³-hybridized carbons (Fsp3) is 0.562. The molecule has 2 heterocycles. The zero-order valence-electron chi connectivity index (χ0n) is 13.2. The second-order valence-electron chi connectivity index (χ2n) is 6.58. The predicted molar refractivity (Wildman–Crippen MR) is 83.6 cm³/mol. The van der Waals surface area contributed by atoms with E-state index in [1.54, 1.807) is 4.68 Å². The Morgan fingerprint density at radius 1 is 1.17 bits per heavy atom. The highest BCUT2D eigenvalue weighted by molar-refractivity contribution is 5.49. The molecule has 1 fully saturated rings. The normalized spacial score (nSPS) is 27.0. The van der Waals surface area contributed by atoms with Gasteiger partial charge in [0.2, 0.25) is 0 Å². The number of nitrogens with two attached hydrogens (primary N) is 1. The van der Waals surface area contributed by atoms with Gasteiger partial charge in [-0.25, -0.2) is 0 Å². The van der Waals surface area contributed by atoms with Crippen LogP contribution in [0.1, 0.15) is 38.4 Å². The third-order valence-corrected chi connectivity index (χ3v) is 4.85. The SMILES string of the molecule is CC1CCC(N)(c2nnnn2-c2ccc3c(c2)OCCO3)CC1. The quantitative estimate of drug-likeness (QED) is 0.909. The first-order chi connectivity index (χ1) is 11.2. The maximum atomic E-state index is 6.64. The second-order valence-corrected chi connectivity index (χ2v) is 6.58. The molecule has 0 atom stereocenters. The Morgan fingerprint density at radius 3 is 2.70 bits per heavy atom. The van der Waals surface area contributed by atoms with Crippen molar-refractivity contribution in [2.45, 2.75) is 38.1 Å². The van der Waals surface area contributed by atoms with E-state index in [-0.39, 0.29) is 0 Å². The average Bonchev–Trinajstić information content (AvgIpc) is 3.08. The monoisotopic (exact) mass is 315 g/mol. The molecule has 1 aliphatic carbocycles. The lowest BCUT2D eigenvalue weighted by Crippen LogP contribution is -2.42. The second kappa shape index (κ2) is 5.49. The van der Waals surface area contributed by atoms with Crippen LogP contribution in [0.4, 0.5) is 0 Å². The molecule has 23 heavy (non-hydrogen) atoms. The summed E-state index contributed by atoms with van der Waals surface area (Å²) in [6.45, 7) is 3.40. The van der Waals surface area contributed by atoms with E-state index in [0.29, 0.717) is 19.1 Å². The molecule has 1 aromatic carbocycles. The van der Waals surface area contributed by atoms with E-state index in [9.17, 15) is 0 Å². The van der Waals surface area contributed by atoms with Gasteiger partial charge in [-0.1, -0.05) is 6.92 Å². The largest absolute Gasteiger partial charge is 0.486 e. The minimum atomic E-state index is -0.469. The third kappa shape index (κ3) is 2.55. The molecule has 2 N–H and O–H groups in total. The molecule has 1 saturated carbocycles. The van der Waals surface area contributed by atoms with Gasteiger partial charge in [0.1, 0.15) is 13.2 Å². The number of nitrogens with zero attached hydrogens (tertiary/aromatic N) is 4. The molecule has 1 aliphatic heterocycles. The Bertz CT molecular complexity index is 706. The Balaban J connectivity index is 1.70. The summed E-state index contributed by atoms with van der Waals surface area (Å²) < 4.78 is 12.9. The highest BCUT2D eigenvalue weighted by Crippen LogP contribution is 2.38. The van der Waals surface area contributed by atoms with E-state index in [1.165, 1.54) is 0 Å². The molecule has 7 heteroatoms. The van der Waals surface area contributed by atoms with Crippen molar-refractivity contribution in [1.82, 2.24) is 20.2 Å². The van der Waals surface area contributed by atoms with E-state index in [0.717, 1.165) is 48.7 Å². The number of fused-ring (bicyclic) bond motifs is 1. The van der Waals surface area contributed by atoms with Gasteiger partial charge in [0.15, 0.2) is 17.3 Å². The van der Waals surface area contributed by atoms with Crippen LogP contribution in [0.15, 0.2) is 18.2 Å². The topological polar surface area (TPSA) is 88.1 Å². The van der Waals surface area contributed by atoms with Gasteiger partial charge in [-0.3, -0.25) is 0 Å². The van der Waals surface area contributed by atoms with Crippen LogP contribution in [0, 0.1) is 5.92 Å². The molecule has 7 nitrogen and oxygen atoms in total. The van der Waals surface area contributed by atoms with Crippen molar-refractivity contribution >= 4 is 0 Å². The maximum absolute atomic E-state index is 6.64. The van der Waals surface area contributed by atoms with Crippen LogP contribution in [-0.2, 0) is 5.54 Å². The van der Waals surface area contributed by atoms with Gasteiger partial charge in [0.05, 0.1) is 11.2 Å². The molecule has 0 spiro atoms. The van der Waals surface area contributed by atoms with Crippen LogP contribution >= 0.6 is 0 Å². The van der Waals surface area contributed by atoms with Crippen molar-refractivity contribution in [2.24, 2.45) is 11.7 Å². The highest BCUT2D eigenvalue weighted by Gasteiger charge is 2.37. The first-order valence-corrected chi connectivity index (χ1v) is 8.13. The van der Waals surface area contributed by atoms with Gasteiger partial charge in [0.25, 0.3) is 0 Å². The molecule has 122 valence electrons. The Labute approximate surface area is 134 Å². The van der Waals surface area contributed by atoms with E-state index in [1.807, 2.05) is 18.2 Å². The molecule has 0 amide bonds. The lowest BCUT2D eigenvalue weighted by Gasteiger charge is -2.34. The van der Waals surface area contributed by atoms with Crippen LogP contribution in [0.3, 0.4) is 0 Å². The molecule has 1 aromatic heterocycles. The lowest BCUT2D eigenvalue weighted by atomic mass is 9.77. The van der Waals surface area contributed by atoms with Crippen LogP contribution in [0.5, 0.6) is 11.5 Å². The highest BCUT2D eigenvalue weighted by atomic mass is 16.6. The maximum Gasteiger partial charge on any atom is 0.176 e. The summed E-state index contributed by atoms with van der Waals surface area (Å²) in [6.07, 6.45) is 4.01. The number of rotatable bonds is 2. The summed E-state index contributed by atoms with van der Waals surface area (Å²) in [5, 5.41) is 12.2. The molecule has 2 aromatic rings. The van der Waals surface area contributed by atoms with Crippen LogP contribution in [-0.4, -0.2) is 33.4 Å². The molecule has 0 unspecified atom stereocenters. The van der Waals surface area contributed by atoms with E-state index in [4.69, 9.17) is 15.2 Å². The number of ether oxygens (including phenoxy) is 2. The zero-order valence-corrected chi connectivity index (χ0v) is 13.2. The van der Waals surface area contributed by atoms with Gasteiger partial charge < -0.3 is 15.2 Å². The van der Waals surface area contributed by atoms with Crippen molar-refractivity contribution in [2.75, 3.05) is 13.2 Å². The third-order valence-electron chi connectivity index (χ3n) is 4.85. The fourth-order valence-corrected chi connectivity index (χ4v) is 3.34. The van der Waals surface area contributed by atoms with E-state index >= 15 is 0 Å². The summed E-state index contributed by atoms with van der Waals surface area (Å²) in [6, 6.07) is 5.73. The number of hydrogen-bond acceptors (Lipinski definition) is 6. The van der Waals surface area contributed by atoms with Crippen LogP contribution in [0.2, 0.25) is 0 Å². The van der Waals surface area contributed by atoms with E-state index in [2.05, 4.69) is 22.4 Å². The van der Waals surface area contributed by atoms with Crippen molar-refractivity contribution < 1.29 is 9.47 Å². The summed E-state index contributed by atoms with van der Waals surface area (Å²) in [5.41, 5.74) is 7.02. The molecular formula is C16H21N5O2. The fourth-order valence-electron chi connectivity index (χ4n) is 3.34. The van der Waals surface area contributed by atoms with Gasteiger partial charge in [-0.2, -0.15) is 4.68 Å². The molecule has 4 rings (SSSR count). The van der Waals surface area contributed by atoms with Crippen molar-refractivity contribution in [3.05, 3.63) is 24.0 Å². The van der Waals surface area contributed by atoms with Gasteiger partial charge >= 0.3 is 0 Å². The zero-order chi connectivity index (χ0) is 15.9.